The first-order valence-electron chi connectivity index (χ1n) is 12.4. The second kappa shape index (κ2) is 11.7. The van der Waals surface area contributed by atoms with Crippen molar-refractivity contribution in [1.82, 2.24) is 25.1 Å². The molecule has 0 unspecified atom stereocenters. The molecule has 9 heteroatoms. The summed E-state index contributed by atoms with van der Waals surface area (Å²) in [6, 6.07) is 18.8. The summed E-state index contributed by atoms with van der Waals surface area (Å²) < 4.78 is 7.38. The molecule has 0 spiro atoms. The molecule has 2 aromatic heterocycles. The number of morpholine rings is 1. The van der Waals surface area contributed by atoms with Gasteiger partial charge in [-0.05, 0) is 42.0 Å². The summed E-state index contributed by atoms with van der Waals surface area (Å²) in [6.07, 6.45) is 5.29. The van der Waals surface area contributed by atoms with Crippen LogP contribution in [0.4, 0.5) is 10.5 Å². The van der Waals surface area contributed by atoms with E-state index in [2.05, 4.69) is 25.8 Å². The number of nitrogens with one attached hydrogen (secondary N) is 3. The lowest BCUT2D eigenvalue weighted by Gasteiger charge is -2.26. The van der Waals surface area contributed by atoms with E-state index in [-0.39, 0.29) is 11.9 Å². The number of anilines is 1. The van der Waals surface area contributed by atoms with Crippen molar-refractivity contribution in [1.29, 1.82) is 0 Å². The molecule has 190 valence electrons. The highest BCUT2D eigenvalue weighted by Gasteiger charge is 2.16. The van der Waals surface area contributed by atoms with Gasteiger partial charge in [-0.1, -0.05) is 24.3 Å². The summed E-state index contributed by atoms with van der Waals surface area (Å²) >= 11 is 0. The number of amides is 3. The zero-order valence-electron chi connectivity index (χ0n) is 20.5. The third-order valence-corrected chi connectivity index (χ3v) is 6.35. The summed E-state index contributed by atoms with van der Waals surface area (Å²) in [4.78, 5) is 31.7. The molecular formula is C28H30N6O3. The molecule has 4 aromatic rings. The predicted octanol–water partition coefficient (Wildman–Crippen LogP) is 3.41. The first-order chi connectivity index (χ1) is 18.2. The lowest BCUT2D eigenvalue weighted by molar-refractivity contribution is 0.0383. The maximum atomic E-state index is 13.1. The maximum Gasteiger partial charge on any atom is 0.319 e. The van der Waals surface area contributed by atoms with E-state index in [1.54, 1.807) is 12.4 Å². The van der Waals surface area contributed by atoms with Crippen LogP contribution < -0.4 is 16.0 Å². The van der Waals surface area contributed by atoms with Crippen LogP contribution in [0.5, 0.6) is 0 Å². The molecule has 1 fully saturated rings. The Labute approximate surface area is 215 Å². The number of urea groups is 1. The van der Waals surface area contributed by atoms with Gasteiger partial charge < -0.3 is 25.3 Å². The van der Waals surface area contributed by atoms with Gasteiger partial charge in [-0.3, -0.25) is 14.7 Å². The Balaban J connectivity index is 1.24. The Kier molecular flexibility index (Phi) is 7.73. The van der Waals surface area contributed by atoms with Crippen molar-refractivity contribution >= 4 is 28.5 Å². The standard InChI is InChI=1S/C28H30N6O3/c35-27(30-12-13-33-14-16-37-17-15-33)25-20-34(26-6-2-1-5-24(25)26)23-9-7-22(8-10-23)32-28(36)31-19-21-4-3-11-29-18-21/h1-11,18,20H,12-17,19H2,(H,30,35)(H2,31,32,36). The van der Waals surface area contributed by atoms with Crippen LogP contribution >= 0.6 is 0 Å². The second-order valence-electron chi connectivity index (χ2n) is 8.86. The first kappa shape index (κ1) is 24.5. The normalized spacial score (nSPS) is 13.8. The van der Waals surface area contributed by atoms with Crippen LogP contribution in [0, 0.1) is 0 Å². The van der Waals surface area contributed by atoms with Gasteiger partial charge in [0.15, 0.2) is 0 Å². The first-order valence-corrected chi connectivity index (χ1v) is 12.4. The largest absolute Gasteiger partial charge is 0.379 e. The third kappa shape index (κ3) is 6.14. The molecule has 0 aliphatic carbocycles. The van der Waals surface area contributed by atoms with Crippen molar-refractivity contribution in [2.75, 3.05) is 44.7 Å². The van der Waals surface area contributed by atoms with Gasteiger partial charge in [0.05, 0.1) is 24.3 Å². The van der Waals surface area contributed by atoms with Gasteiger partial charge >= 0.3 is 6.03 Å². The molecule has 0 saturated carbocycles. The molecule has 2 aromatic carbocycles. The van der Waals surface area contributed by atoms with E-state index < -0.39 is 0 Å². The average molecular weight is 499 g/mol. The van der Waals surface area contributed by atoms with Crippen molar-refractivity contribution in [3.8, 4) is 5.69 Å². The Morgan fingerprint density at radius 2 is 1.76 bits per heavy atom. The Morgan fingerprint density at radius 1 is 0.946 bits per heavy atom. The number of hydrogen-bond acceptors (Lipinski definition) is 5. The van der Waals surface area contributed by atoms with E-state index >= 15 is 0 Å². The fourth-order valence-electron chi connectivity index (χ4n) is 4.39. The number of para-hydroxylation sites is 1. The monoisotopic (exact) mass is 498 g/mol. The third-order valence-electron chi connectivity index (χ3n) is 6.35. The maximum absolute atomic E-state index is 13.1. The lowest BCUT2D eigenvalue weighted by atomic mass is 10.1. The van der Waals surface area contributed by atoms with E-state index in [1.165, 1.54) is 0 Å². The number of fused-ring (bicyclic) bond motifs is 1. The van der Waals surface area contributed by atoms with Crippen molar-refractivity contribution in [2.24, 2.45) is 0 Å². The SMILES string of the molecule is O=C(NCc1cccnc1)Nc1ccc(-n2cc(C(=O)NCCN3CCOCC3)c3ccccc32)cc1. The molecule has 3 amide bonds. The molecule has 1 aliphatic heterocycles. The summed E-state index contributed by atoms with van der Waals surface area (Å²) in [5.74, 6) is -0.0909. The number of hydrogen-bond donors (Lipinski definition) is 3. The minimum absolute atomic E-state index is 0.0909. The molecule has 3 N–H and O–H groups in total. The van der Waals surface area contributed by atoms with E-state index in [4.69, 9.17) is 4.74 Å². The van der Waals surface area contributed by atoms with Crippen molar-refractivity contribution in [3.05, 3.63) is 90.4 Å². The van der Waals surface area contributed by atoms with Crippen molar-refractivity contribution in [3.63, 3.8) is 0 Å². The van der Waals surface area contributed by atoms with Crippen LogP contribution in [0.1, 0.15) is 15.9 Å². The number of nitrogens with zero attached hydrogens (tertiary/aromatic N) is 3. The molecule has 5 rings (SSSR count). The lowest BCUT2D eigenvalue weighted by Crippen LogP contribution is -2.41. The van der Waals surface area contributed by atoms with E-state index in [1.807, 2.05) is 71.4 Å². The number of rotatable bonds is 8. The van der Waals surface area contributed by atoms with Crippen LogP contribution in [0.3, 0.4) is 0 Å². The van der Waals surface area contributed by atoms with Gasteiger partial charge in [0.1, 0.15) is 0 Å². The molecule has 37 heavy (non-hydrogen) atoms. The van der Waals surface area contributed by atoms with Crippen LogP contribution in [0.2, 0.25) is 0 Å². The van der Waals surface area contributed by atoms with Gasteiger partial charge in [0.2, 0.25) is 0 Å². The smallest absolute Gasteiger partial charge is 0.319 e. The van der Waals surface area contributed by atoms with Gasteiger partial charge in [0, 0.05) is 68.1 Å². The van der Waals surface area contributed by atoms with Crippen LogP contribution in [0.25, 0.3) is 16.6 Å². The fourth-order valence-corrected chi connectivity index (χ4v) is 4.39. The van der Waals surface area contributed by atoms with Crippen LogP contribution in [0.15, 0.2) is 79.3 Å². The molecule has 0 radical (unpaired) electrons. The molecule has 0 atom stereocenters. The summed E-state index contributed by atoms with van der Waals surface area (Å²) in [6.45, 7) is 5.06. The minimum Gasteiger partial charge on any atom is -0.379 e. The molecule has 1 saturated heterocycles. The number of aromatic nitrogens is 2. The quantitative estimate of drug-likeness (QED) is 0.346. The van der Waals surface area contributed by atoms with Gasteiger partial charge in [0.25, 0.3) is 5.91 Å². The molecule has 1 aliphatic rings. The van der Waals surface area contributed by atoms with Gasteiger partial charge in [-0.25, -0.2) is 4.79 Å². The fraction of sp³-hybridized carbons (Fsp3) is 0.250. The van der Waals surface area contributed by atoms with Crippen molar-refractivity contribution < 1.29 is 14.3 Å². The number of ether oxygens (including phenoxy) is 1. The highest BCUT2D eigenvalue weighted by atomic mass is 16.5. The number of pyridine rings is 1. The Bertz CT molecular complexity index is 1350. The number of benzene rings is 2. The number of carbonyl (C=O) groups is 2. The van der Waals surface area contributed by atoms with Gasteiger partial charge in [-0.15, -0.1) is 0 Å². The zero-order chi connectivity index (χ0) is 25.5. The highest BCUT2D eigenvalue weighted by molar-refractivity contribution is 6.07. The summed E-state index contributed by atoms with van der Waals surface area (Å²) in [7, 11) is 0. The van der Waals surface area contributed by atoms with Gasteiger partial charge in [-0.2, -0.15) is 0 Å². The van der Waals surface area contributed by atoms with Crippen LogP contribution in [-0.4, -0.2) is 65.8 Å². The van der Waals surface area contributed by atoms with E-state index in [0.29, 0.717) is 24.3 Å². The van der Waals surface area contributed by atoms with Crippen molar-refractivity contribution in [2.45, 2.75) is 6.54 Å². The zero-order valence-corrected chi connectivity index (χ0v) is 20.5. The number of carbonyl (C=O) groups excluding carboxylic acids is 2. The molecule has 0 bridgehead atoms. The van der Waals surface area contributed by atoms with E-state index in [9.17, 15) is 9.59 Å². The second-order valence-corrected chi connectivity index (χ2v) is 8.86. The predicted molar refractivity (Wildman–Crippen MR) is 143 cm³/mol. The molecule has 3 heterocycles. The Morgan fingerprint density at radius 3 is 2.54 bits per heavy atom. The topological polar surface area (TPSA) is 101 Å². The minimum atomic E-state index is -0.293. The molecular weight excluding hydrogens is 468 g/mol. The summed E-state index contributed by atoms with van der Waals surface area (Å²) in [5.41, 5.74) is 4.06. The average Bonchev–Trinajstić information content (AvgIpc) is 3.33. The highest BCUT2D eigenvalue weighted by Crippen LogP contribution is 2.25. The molecule has 9 nitrogen and oxygen atoms in total. The van der Waals surface area contributed by atoms with E-state index in [0.717, 1.165) is 55.0 Å². The summed E-state index contributed by atoms with van der Waals surface area (Å²) in [5, 5.41) is 9.62. The van der Waals surface area contributed by atoms with Crippen LogP contribution in [-0.2, 0) is 11.3 Å². The Hall–Kier alpha value is -4.21.